The van der Waals surface area contributed by atoms with Gasteiger partial charge in [0.1, 0.15) is 11.6 Å². The molecule has 27 heavy (non-hydrogen) atoms. The first kappa shape index (κ1) is 19.2. The van der Waals surface area contributed by atoms with E-state index in [0.29, 0.717) is 6.54 Å². The van der Waals surface area contributed by atoms with Crippen LogP contribution in [0.2, 0.25) is 0 Å². The number of carbonyl (C=O) groups is 1. The molecule has 1 unspecified atom stereocenters. The second kappa shape index (κ2) is 8.90. The van der Waals surface area contributed by atoms with Gasteiger partial charge in [0.05, 0.1) is 24.6 Å². The van der Waals surface area contributed by atoms with E-state index < -0.39 is 0 Å². The normalized spacial score (nSPS) is 12.3. The summed E-state index contributed by atoms with van der Waals surface area (Å²) in [5.41, 5.74) is 1.08. The minimum Gasteiger partial charge on any atom is -0.467 e. The summed E-state index contributed by atoms with van der Waals surface area (Å²) in [6.45, 7) is 6.68. The van der Waals surface area contributed by atoms with Gasteiger partial charge in [-0.15, -0.1) is 10.2 Å². The highest BCUT2D eigenvalue weighted by Crippen LogP contribution is 2.23. The smallest absolute Gasteiger partial charge is 0.230 e. The van der Waals surface area contributed by atoms with Gasteiger partial charge in [-0.25, -0.2) is 0 Å². The molecular formula is C20H24N4O2S. The van der Waals surface area contributed by atoms with Gasteiger partial charge in [0, 0.05) is 5.92 Å². The van der Waals surface area contributed by atoms with Gasteiger partial charge < -0.3 is 9.73 Å². The van der Waals surface area contributed by atoms with E-state index in [1.807, 2.05) is 54.0 Å². The van der Waals surface area contributed by atoms with Crippen molar-refractivity contribution in [3.8, 4) is 0 Å². The Balaban J connectivity index is 1.64. The van der Waals surface area contributed by atoms with Gasteiger partial charge in [-0.05, 0) is 24.6 Å². The zero-order chi connectivity index (χ0) is 19.2. The Morgan fingerprint density at radius 2 is 1.93 bits per heavy atom. The number of carbonyl (C=O) groups excluding carboxylic acids is 1. The van der Waals surface area contributed by atoms with Crippen molar-refractivity contribution >= 4 is 17.7 Å². The molecule has 0 spiro atoms. The SMILES string of the molecule is CC(C)c1nnc(SCC(=O)NC(C)c2ccccc2)n1Cc1ccco1. The Kier molecular flexibility index (Phi) is 6.34. The fourth-order valence-corrected chi connectivity index (χ4v) is 3.54. The van der Waals surface area contributed by atoms with Gasteiger partial charge in [-0.1, -0.05) is 55.9 Å². The fraction of sp³-hybridized carbons (Fsp3) is 0.350. The van der Waals surface area contributed by atoms with E-state index in [1.165, 1.54) is 11.8 Å². The van der Waals surface area contributed by atoms with E-state index >= 15 is 0 Å². The van der Waals surface area contributed by atoms with Gasteiger partial charge in [-0.2, -0.15) is 0 Å². The van der Waals surface area contributed by atoms with Crippen molar-refractivity contribution in [1.29, 1.82) is 0 Å². The Hall–Kier alpha value is -2.54. The topological polar surface area (TPSA) is 73.0 Å². The average Bonchev–Trinajstić information content (AvgIpc) is 3.31. The number of nitrogens with zero attached hydrogens (tertiary/aromatic N) is 3. The molecule has 7 heteroatoms. The maximum Gasteiger partial charge on any atom is 0.230 e. The quantitative estimate of drug-likeness (QED) is 0.594. The number of rotatable bonds is 8. The Bertz CT molecular complexity index is 860. The van der Waals surface area contributed by atoms with E-state index in [4.69, 9.17) is 4.42 Å². The molecule has 3 aromatic rings. The molecule has 0 aliphatic carbocycles. The second-order valence-corrected chi connectivity index (χ2v) is 7.59. The molecule has 0 bridgehead atoms. The number of aromatic nitrogens is 3. The Labute approximate surface area is 163 Å². The van der Waals surface area contributed by atoms with E-state index in [-0.39, 0.29) is 23.6 Å². The summed E-state index contributed by atoms with van der Waals surface area (Å²) in [7, 11) is 0. The molecular weight excluding hydrogens is 360 g/mol. The summed E-state index contributed by atoms with van der Waals surface area (Å²) in [6, 6.07) is 13.7. The molecule has 0 fully saturated rings. The lowest BCUT2D eigenvalue weighted by molar-refractivity contribution is -0.119. The molecule has 142 valence electrons. The van der Waals surface area contributed by atoms with Crippen molar-refractivity contribution in [1.82, 2.24) is 20.1 Å². The highest BCUT2D eigenvalue weighted by molar-refractivity contribution is 7.99. The maximum absolute atomic E-state index is 12.4. The zero-order valence-corrected chi connectivity index (χ0v) is 16.6. The number of furan rings is 1. The van der Waals surface area contributed by atoms with Crippen LogP contribution in [0, 0.1) is 0 Å². The summed E-state index contributed by atoms with van der Waals surface area (Å²) < 4.78 is 7.47. The third kappa shape index (κ3) is 5.01. The van der Waals surface area contributed by atoms with Crippen molar-refractivity contribution in [3.63, 3.8) is 0 Å². The van der Waals surface area contributed by atoms with Gasteiger partial charge in [0.15, 0.2) is 5.16 Å². The molecule has 6 nitrogen and oxygen atoms in total. The van der Waals surface area contributed by atoms with Crippen molar-refractivity contribution in [3.05, 3.63) is 65.9 Å². The molecule has 0 aliphatic heterocycles. The van der Waals surface area contributed by atoms with Gasteiger partial charge in [0.2, 0.25) is 5.91 Å². The predicted octanol–water partition coefficient (Wildman–Crippen LogP) is 4.01. The third-order valence-corrected chi connectivity index (χ3v) is 5.13. The lowest BCUT2D eigenvalue weighted by atomic mass is 10.1. The Morgan fingerprint density at radius 3 is 2.59 bits per heavy atom. The van der Waals surface area contributed by atoms with Crippen molar-refractivity contribution < 1.29 is 9.21 Å². The first-order valence-electron chi connectivity index (χ1n) is 8.97. The van der Waals surface area contributed by atoms with Crippen LogP contribution in [-0.2, 0) is 11.3 Å². The number of amides is 1. The largest absolute Gasteiger partial charge is 0.467 e. The highest BCUT2D eigenvalue weighted by atomic mass is 32.2. The summed E-state index contributed by atoms with van der Waals surface area (Å²) in [5, 5.41) is 12.3. The summed E-state index contributed by atoms with van der Waals surface area (Å²) in [6.07, 6.45) is 1.65. The van der Waals surface area contributed by atoms with Crippen LogP contribution >= 0.6 is 11.8 Å². The lowest BCUT2D eigenvalue weighted by Gasteiger charge is -2.14. The van der Waals surface area contributed by atoms with Crippen LogP contribution in [0.5, 0.6) is 0 Å². The summed E-state index contributed by atoms with van der Waals surface area (Å²) in [5.74, 6) is 2.20. The van der Waals surface area contributed by atoms with Crippen LogP contribution < -0.4 is 5.32 Å². The van der Waals surface area contributed by atoms with E-state index in [9.17, 15) is 4.79 Å². The molecule has 0 saturated heterocycles. The lowest BCUT2D eigenvalue weighted by Crippen LogP contribution is -2.28. The molecule has 0 aliphatic rings. The molecule has 1 atom stereocenters. The number of nitrogens with one attached hydrogen (secondary N) is 1. The van der Waals surface area contributed by atoms with Crippen LogP contribution in [0.3, 0.4) is 0 Å². The summed E-state index contributed by atoms with van der Waals surface area (Å²) in [4.78, 5) is 12.4. The van der Waals surface area contributed by atoms with Crippen LogP contribution in [0.15, 0.2) is 58.3 Å². The van der Waals surface area contributed by atoms with Crippen molar-refractivity contribution in [2.45, 2.75) is 44.4 Å². The molecule has 0 radical (unpaired) electrons. The molecule has 1 N–H and O–H groups in total. The van der Waals surface area contributed by atoms with Crippen molar-refractivity contribution in [2.75, 3.05) is 5.75 Å². The first-order chi connectivity index (χ1) is 13.0. The van der Waals surface area contributed by atoms with Crippen LogP contribution in [0.1, 0.15) is 49.9 Å². The average molecular weight is 385 g/mol. The minimum atomic E-state index is -0.0356. The first-order valence-corrected chi connectivity index (χ1v) is 9.95. The monoisotopic (exact) mass is 384 g/mol. The molecule has 3 rings (SSSR count). The van der Waals surface area contributed by atoms with E-state index in [1.54, 1.807) is 6.26 Å². The molecule has 0 saturated carbocycles. The number of benzene rings is 1. The number of hydrogen-bond donors (Lipinski definition) is 1. The summed E-state index contributed by atoms with van der Waals surface area (Å²) >= 11 is 1.39. The Morgan fingerprint density at radius 1 is 1.15 bits per heavy atom. The molecule has 1 amide bonds. The van der Waals surface area contributed by atoms with Crippen LogP contribution in [-0.4, -0.2) is 26.4 Å². The standard InChI is InChI=1S/C20H24N4O2S/c1-14(2)19-22-23-20(24(19)12-17-10-7-11-26-17)27-13-18(25)21-15(3)16-8-5-4-6-9-16/h4-11,14-15H,12-13H2,1-3H3,(H,21,25). The zero-order valence-electron chi connectivity index (χ0n) is 15.8. The highest BCUT2D eigenvalue weighted by Gasteiger charge is 2.18. The van der Waals surface area contributed by atoms with E-state index in [0.717, 1.165) is 22.3 Å². The van der Waals surface area contributed by atoms with Crippen molar-refractivity contribution in [2.24, 2.45) is 0 Å². The predicted molar refractivity (Wildman–Crippen MR) is 106 cm³/mol. The number of hydrogen-bond acceptors (Lipinski definition) is 5. The maximum atomic E-state index is 12.4. The third-order valence-electron chi connectivity index (χ3n) is 4.17. The second-order valence-electron chi connectivity index (χ2n) is 6.65. The van der Waals surface area contributed by atoms with Gasteiger partial charge in [0.25, 0.3) is 0 Å². The molecule has 2 aromatic heterocycles. The number of thioether (sulfide) groups is 1. The molecule has 2 heterocycles. The fourth-order valence-electron chi connectivity index (χ4n) is 2.78. The van der Waals surface area contributed by atoms with Gasteiger partial charge in [-0.3, -0.25) is 9.36 Å². The van der Waals surface area contributed by atoms with E-state index in [2.05, 4.69) is 29.4 Å². The molecule has 1 aromatic carbocycles. The van der Waals surface area contributed by atoms with Crippen LogP contribution in [0.4, 0.5) is 0 Å². The van der Waals surface area contributed by atoms with Crippen LogP contribution in [0.25, 0.3) is 0 Å². The van der Waals surface area contributed by atoms with Gasteiger partial charge >= 0.3 is 0 Å². The minimum absolute atomic E-state index is 0.0324.